The number of carbonyl (C=O) groups is 1. The number of rotatable bonds is 4. The molecule has 3 rings (SSSR count). The Morgan fingerprint density at radius 2 is 1.79 bits per heavy atom. The summed E-state index contributed by atoms with van der Waals surface area (Å²) in [4.78, 5) is 15.0. The number of amides is 1. The Bertz CT molecular complexity index is 302. The number of hydrogen-bond acceptors (Lipinski definition) is 2. The van der Waals surface area contributed by atoms with E-state index in [0.717, 1.165) is 32.0 Å². The van der Waals surface area contributed by atoms with Crippen LogP contribution in [0.25, 0.3) is 0 Å². The van der Waals surface area contributed by atoms with E-state index in [0.29, 0.717) is 11.9 Å². The minimum absolute atomic E-state index is 0.262. The van der Waals surface area contributed by atoms with Crippen LogP contribution in [0.3, 0.4) is 0 Å². The second kappa shape index (κ2) is 6.25. The predicted molar refractivity (Wildman–Crippen MR) is 76.9 cm³/mol. The Morgan fingerprint density at radius 3 is 2.42 bits per heavy atom. The first-order chi connectivity index (χ1) is 9.34. The van der Waals surface area contributed by atoms with Gasteiger partial charge in [-0.25, -0.2) is 0 Å². The van der Waals surface area contributed by atoms with Gasteiger partial charge in [0.25, 0.3) is 0 Å². The molecule has 0 unspecified atom stereocenters. The summed E-state index contributed by atoms with van der Waals surface area (Å²) >= 11 is 0. The van der Waals surface area contributed by atoms with Gasteiger partial charge in [0.15, 0.2) is 0 Å². The van der Waals surface area contributed by atoms with Gasteiger partial charge in [-0.1, -0.05) is 19.3 Å². The van der Waals surface area contributed by atoms with E-state index >= 15 is 0 Å². The molecule has 0 aromatic carbocycles. The van der Waals surface area contributed by atoms with Crippen molar-refractivity contribution in [2.45, 2.75) is 63.8 Å². The molecule has 1 aliphatic heterocycles. The van der Waals surface area contributed by atoms with Crippen molar-refractivity contribution in [3.8, 4) is 0 Å². The zero-order chi connectivity index (χ0) is 13.1. The number of piperidine rings is 1. The molecular weight excluding hydrogens is 236 g/mol. The van der Waals surface area contributed by atoms with Gasteiger partial charge in [0.2, 0.25) is 5.91 Å². The Hall–Kier alpha value is -0.570. The normalized spacial score (nSPS) is 29.2. The first-order valence-corrected chi connectivity index (χ1v) is 8.36. The molecule has 0 bridgehead atoms. The van der Waals surface area contributed by atoms with Gasteiger partial charge >= 0.3 is 0 Å². The van der Waals surface area contributed by atoms with E-state index in [-0.39, 0.29) is 5.92 Å². The maximum atomic E-state index is 12.7. The quantitative estimate of drug-likeness (QED) is 0.846. The highest BCUT2D eigenvalue weighted by Gasteiger charge is 2.37. The highest BCUT2D eigenvalue weighted by atomic mass is 16.2. The maximum Gasteiger partial charge on any atom is 0.227 e. The number of hydrogen-bond donors (Lipinski definition) is 1. The molecule has 1 atom stereocenters. The third-order valence-electron chi connectivity index (χ3n) is 5.10. The Labute approximate surface area is 117 Å². The molecule has 0 spiro atoms. The van der Waals surface area contributed by atoms with E-state index < -0.39 is 0 Å². The van der Waals surface area contributed by atoms with Gasteiger partial charge in [-0.3, -0.25) is 4.79 Å². The summed E-state index contributed by atoms with van der Waals surface area (Å²) in [5, 5.41) is 3.39. The van der Waals surface area contributed by atoms with Crippen molar-refractivity contribution in [2.75, 3.05) is 19.6 Å². The minimum Gasteiger partial charge on any atom is -0.339 e. The first kappa shape index (κ1) is 13.4. The number of nitrogens with zero attached hydrogens (tertiary/aromatic N) is 1. The molecule has 1 heterocycles. The molecule has 2 saturated carbocycles. The number of nitrogens with one attached hydrogen (secondary N) is 1. The molecule has 3 fully saturated rings. The van der Waals surface area contributed by atoms with E-state index in [9.17, 15) is 4.79 Å². The van der Waals surface area contributed by atoms with Crippen LogP contribution in [-0.4, -0.2) is 36.5 Å². The highest BCUT2D eigenvalue weighted by molar-refractivity contribution is 5.79. The van der Waals surface area contributed by atoms with Gasteiger partial charge in [0.1, 0.15) is 0 Å². The van der Waals surface area contributed by atoms with Gasteiger partial charge in [0, 0.05) is 19.1 Å². The van der Waals surface area contributed by atoms with Crippen molar-refractivity contribution in [3.63, 3.8) is 0 Å². The number of carbonyl (C=O) groups excluding carboxylic acids is 1. The lowest BCUT2D eigenvalue weighted by atomic mass is 9.88. The minimum atomic E-state index is 0.262. The Kier molecular flexibility index (Phi) is 4.42. The van der Waals surface area contributed by atoms with Crippen LogP contribution in [0.5, 0.6) is 0 Å². The largest absolute Gasteiger partial charge is 0.339 e. The van der Waals surface area contributed by atoms with Crippen LogP contribution in [-0.2, 0) is 4.79 Å². The predicted octanol–water partition coefficient (Wildman–Crippen LogP) is 2.56. The Balaban J connectivity index is 1.57. The fraction of sp³-hybridized carbons (Fsp3) is 0.938. The molecule has 3 nitrogen and oxygen atoms in total. The topological polar surface area (TPSA) is 32.3 Å². The fourth-order valence-electron chi connectivity index (χ4n) is 3.75. The first-order valence-electron chi connectivity index (χ1n) is 8.36. The van der Waals surface area contributed by atoms with E-state index in [1.165, 1.54) is 51.4 Å². The lowest BCUT2D eigenvalue weighted by molar-refractivity contribution is -0.137. The van der Waals surface area contributed by atoms with Crippen molar-refractivity contribution in [1.29, 1.82) is 0 Å². The van der Waals surface area contributed by atoms with Gasteiger partial charge < -0.3 is 10.2 Å². The summed E-state index contributed by atoms with van der Waals surface area (Å²) in [6.07, 6.45) is 11.6. The summed E-state index contributed by atoms with van der Waals surface area (Å²) in [7, 11) is 0. The fourth-order valence-corrected chi connectivity index (χ4v) is 3.75. The van der Waals surface area contributed by atoms with E-state index in [4.69, 9.17) is 0 Å². The van der Waals surface area contributed by atoms with E-state index in [1.807, 2.05) is 0 Å². The van der Waals surface area contributed by atoms with Crippen molar-refractivity contribution < 1.29 is 4.79 Å². The summed E-state index contributed by atoms with van der Waals surface area (Å²) in [6.45, 7) is 3.06. The maximum absolute atomic E-state index is 12.7. The molecule has 3 aliphatic rings. The smallest absolute Gasteiger partial charge is 0.227 e. The van der Waals surface area contributed by atoms with Crippen molar-refractivity contribution >= 4 is 5.91 Å². The molecule has 0 aromatic heterocycles. The monoisotopic (exact) mass is 264 g/mol. The second-order valence-corrected chi connectivity index (χ2v) is 6.77. The summed E-state index contributed by atoms with van der Waals surface area (Å²) in [5.74, 6) is 1.51. The lowest BCUT2D eigenvalue weighted by Gasteiger charge is -2.33. The van der Waals surface area contributed by atoms with Crippen molar-refractivity contribution in [3.05, 3.63) is 0 Å². The SMILES string of the molecule is O=C([C@H]1CCCNC1)N(CC1CCCCC1)C1CC1. The van der Waals surface area contributed by atoms with Crippen LogP contribution in [0.1, 0.15) is 57.8 Å². The molecule has 2 aliphatic carbocycles. The Morgan fingerprint density at radius 1 is 1.00 bits per heavy atom. The summed E-state index contributed by atoms with van der Waals surface area (Å²) < 4.78 is 0. The van der Waals surface area contributed by atoms with Crippen LogP contribution in [0.2, 0.25) is 0 Å². The van der Waals surface area contributed by atoms with Gasteiger partial charge in [-0.2, -0.15) is 0 Å². The summed E-state index contributed by atoms with van der Waals surface area (Å²) in [6, 6.07) is 0.594. The van der Waals surface area contributed by atoms with Crippen molar-refractivity contribution in [2.24, 2.45) is 11.8 Å². The third kappa shape index (κ3) is 3.50. The van der Waals surface area contributed by atoms with E-state index in [1.54, 1.807) is 0 Å². The molecule has 19 heavy (non-hydrogen) atoms. The second-order valence-electron chi connectivity index (χ2n) is 6.77. The third-order valence-corrected chi connectivity index (χ3v) is 5.10. The van der Waals surface area contributed by atoms with Gasteiger partial charge in [-0.15, -0.1) is 0 Å². The molecule has 0 radical (unpaired) electrons. The summed E-state index contributed by atoms with van der Waals surface area (Å²) in [5.41, 5.74) is 0. The van der Waals surface area contributed by atoms with E-state index in [2.05, 4.69) is 10.2 Å². The van der Waals surface area contributed by atoms with Crippen LogP contribution in [0, 0.1) is 11.8 Å². The van der Waals surface area contributed by atoms with Crippen molar-refractivity contribution in [1.82, 2.24) is 10.2 Å². The van der Waals surface area contributed by atoms with Crippen LogP contribution < -0.4 is 5.32 Å². The molecule has 3 heteroatoms. The van der Waals surface area contributed by atoms with Crippen LogP contribution in [0.4, 0.5) is 0 Å². The van der Waals surface area contributed by atoms with Crippen LogP contribution in [0.15, 0.2) is 0 Å². The van der Waals surface area contributed by atoms with Crippen LogP contribution >= 0.6 is 0 Å². The van der Waals surface area contributed by atoms with Gasteiger partial charge in [0.05, 0.1) is 5.92 Å². The molecular formula is C16H28N2O. The zero-order valence-corrected chi connectivity index (χ0v) is 12.1. The molecule has 1 saturated heterocycles. The molecule has 0 aromatic rings. The average molecular weight is 264 g/mol. The van der Waals surface area contributed by atoms with Gasteiger partial charge in [-0.05, 0) is 51.0 Å². The lowest BCUT2D eigenvalue weighted by Crippen LogP contribution is -2.45. The zero-order valence-electron chi connectivity index (χ0n) is 12.1. The molecule has 1 amide bonds. The average Bonchev–Trinajstić information content (AvgIpc) is 3.31. The molecule has 108 valence electrons. The molecule has 1 N–H and O–H groups in total. The highest BCUT2D eigenvalue weighted by Crippen LogP contribution is 2.33. The standard InChI is InChI=1S/C16H28N2O/c19-16(14-7-4-10-17-11-14)18(15-8-9-15)12-13-5-2-1-3-6-13/h13-15,17H,1-12H2/t14-/m0/s1.